The molecule has 2 aromatic rings. The van der Waals surface area contributed by atoms with Crippen molar-refractivity contribution in [1.29, 1.82) is 0 Å². The number of hydrogen-bond donors (Lipinski definition) is 1. The molecule has 3 nitrogen and oxygen atoms in total. The number of rotatable bonds is 1. The molecule has 4 rings (SSSR count). The number of carbonyl (C=O) groups is 1. The number of ketones is 1. The molecule has 2 aliphatic rings. The summed E-state index contributed by atoms with van der Waals surface area (Å²) in [6, 6.07) is 17.3. The third-order valence-corrected chi connectivity index (χ3v) is 4.44. The third-order valence-electron chi connectivity index (χ3n) is 4.44. The molecule has 1 heterocycles. The number of Topliss-reactive ketones (excluding diaryl/α,β-unsaturated/α-hetero) is 1. The fourth-order valence-corrected chi connectivity index (χ4v) is 3.50. The Bertz CT molecular complexity index is 764. The summed E-state index contributed by atoms with van der Waals surface area (Å²) in [5.41, 5.74) is 2.01. The molecule has 0 unspecified atom stereocenters. The lowest BCUT2D eigenvalue weighted by Crippen LogP contribution is -2.39. The van der Waals surface area contributed by atoms with Gasteiger partial charge in [0.25, 0.3) is 5.78 Å². The Kier molecular flexibility index (Phi) is 2.11. The number of aliphatic hydroxyl groups is 1. The Labute approximate surface area is 116 Å². The highest BCUT2D eigenvalue weighted by Crippen LogP contribution is 2.48. The largest absolute Gasteiger partial charge is 0.354 e. The second-order valence-corrected chi connectivity index (χ2v) is 5.37. The van der Waals surface area contributed by atoms with Crippen molar-refractivity contribution in [2.75, 3.05) is 7.05 Å². The lowest BCUT2D eigenvalue weighted by atomic mass is 9.91. The van der Waals surface area contributed by atoms with E-state index in [1.165, 1.54) is 0 Å². The van der Waals surface area contributed by atoms with Crippen molar-refractivity contribution >= 4 is 11.5 Å². The number of nitrogens with zero attached hydrogens (tertiary/aromatic N) is 1. The Balaban J connectivity index is 2.02. The van der Waals surface area contributed by atoms with Gasteiger partial charge in [0.1, 0.15) is 13.0 Å². The number of carbonyl (C=O) groups excluding carboxylic acids is 1. The zero-order valence-electron chi connectivity index (χ0n) is 11.1. The minimum atomic E-state index is -1.51. The molecule has 1 aliphatic heterocycles. The highest BCUT2D eigenvalue weighted by atomic mass is 16.3. The van der Waals surface area contributed by atoms with Gasteiger partial charge in [-0.05, 0) is 23.8 Å². The average molecular weight is 264 g/mol. The normalized spacial score (nSPS) is 27.1. The molecular weight excluding hydrogens is 250 g/mol. The van der Waals surface area contributed by atoms with E-state index in [1.54, 1.807) is 11.6 Å². The molecule has 0 saturated heterocycles. The predicted molar refractivity (Wildman–Crippen MR) is 74.8 cm³/mol. The number of benzene rings is 2. The van der Waals surface area contributed by atoms with E-state index in [2.05, 4.69) is 0 Å². The lowest BCUT2D eigenvalue weighted by Gasteiger charge is -2.19. The van der Waals surface area contributed by atoms with Crippen molar-refractivity contribution in [3.05, 3.63) is 71.3 Å². The Morgan fingerprint density at radius 3 is 2.45 bits per heavy atom. The van der Waals surface area contributed by atoms with Gasteiger partial charge in [-0.3, -0.25) is 4.79 Å². The quantitative estimate of drug-likeness (QED) is 0.795. The topological polar surface area (TPSA) is 40.3 Å². The maximum Gasteiger partial charge on any atom is 0.354 e. The van der Waals surface area contributed by atoms with Crippen LogP contribution in [0.3, 0.4) is 0 Å². The molecule has 2 atom stereocenters. The first kappa shape index (κ1) is 11.6. The molecule has 20 heavy (non-hydrogen) atoms. The van der Waals surface area contributed by atoms with Crippen molar-refractivity contribution in [2.45, 2.75) is 11.6 Å². The summed E-state index contributed by atoms with van der Waals surface area (Å²) in [6.45, 7) is 0. The SMILES string of the molecule is C[N+]1=C(c2ccccc2)[C@@H]2C(=O)[C@@]1(O)c1ccccc12. The zero-order valence-corrected chi connectivity index (χ0v) is 11.1. The predicted octanol–water partition coefficient (Wildman–Crippen LogP) is 1.64. The summed E-state index contributed by atoms with van der Waals surface area (Å²) in [4.78, 5) is 12.6. The van der Waals surface area contributed by atoms with Crippen LogP contribution in [0.15, 0.2) is 54.6 Å². The van der Waals surface area contributed by atoms with Crippen LogP contribution in [0.4, 0.5) is 0 Å². The van der Waals surface area contributed by atoms with Gasteiger partial charge in [-0.2, -0.15) is 4.58 Å². The zero-order chi connectivity index (χ0) is 13.9. The van der Waals surface area contributed by atoms with Crippen LogP contribution in [-0.4, -0.2) is 28.2 Å². The smallest absolute Gasteiger partial charge is 0.325 e. The molecule has 2 aromatic carbocycles. The molecule has 3 heteroatoms. The fourth-order valence-electron chi connectivity index (χ4n) is 3.50. The van der Waals surface area contributed by atoms with E-state index < -0.39 is 5.72 Å². The van der Waals surface area contributed by atoms with E-state index in [9.17, 15) is 9.90 Å². The molecule has 0 aromatic heterocycles. The van der Waals surface area contributed by atoms with E-state index in [-0.39, 0.29) is 11.7 Å². The minimum absolute atomic E-state index is 0.139. The van der Waals surface area contributed by atoms with Crippen molar-refractivity contribution < 1.29 is 14.5 Å². The van der Waals surface area contributed by atoms with Crippen LogP contribution in [0.25, 0.3) is 0 Å². The Morgan fingerprint density at radius 2 is 1.70 bits per heavy atom. The first-order valence-electron chi connectivity index (χ1n) is 6.68. The van der Waals surface area contributed by atoms with Crippen molar-refractivity contribution in [3.8, 4) is 0 Å². The number of likely N-dealkylation sites (N-methyl/N-ethyl adjacent to an activating group) is 1. The summed E-state index contributed by atoms with van der Waals surface area (Å²) in [6.07, 6.45) is 0. The van der Waals surface area contributed by atoms with Crippen LogP contribution in [0, 0.1) is 0 Å². The summed E-state index contributed by atoms with van der Waals surface area (Å²) >= 11 is 0. The molecule has 0 radical (unpaired) electrons. The number of fused-ring (bicyclic) bond motifs is 5. The summed E-state index contributed by atoms with van der Waals surface area (Å²) < 4.78 is 1.72. The molecule has 0 fully saturated rings. The van der Waals surface area contributed by atoms with Gasteiger partial charge in [0.15, 0.2) is 0 Å². The maximum atomic E-state index is 12.6. The second kappa shape index (κ2) is 3.64. The van der Waals surface area contributed by atoms with Crippen LogP contribution in [0.1, 0.15) is 22.6 Å². The molecule has 1 N–H and O–H groups in total. The fraction of sp³-hybridized carbons (Fsp3) is 0.176. The standard InChI is InChI=1S/C17H14NO2/c1-18-15(11-7-3-2-4-8-11)14-12-9-5-6-10-13(12)17(18,20)16(14)19/h2-10,14,20H,1H3/q+1/t14-,17+/m1/s1. The maximum absolute atomic E-state index is 12.6. The van der Waals surface area contributed by atoms with Crippen molar-refractivity contribution in [1.82, 2.24) is 0 Å². The second-order valence-electron chi connectivity index (χ2n) is 5.37. The minimum Gasteiger partial charge on any atom is -0.325 e. The average Bonchev–Trinajstić information content (AvgIpc) is 2.83. The van der Waals surface area contributed by atoms with Gasteiger partial charge >= 0.3 is 5.72 Å². The molecule has 98 valence electrons. The number of hydrogen-bond acceptors (Lipinski definition) is 2. The van der Waals surface area contributed by atoms with Crippen LogP contribution in [0.5, 0.6) is 0 Å². The summed E-state index contributed by atoms with van der Waals surface area (Å²) in [7, 11) is 1.79. The lowest BCUT2D eigenvalue weighted by molar-refractivity contribution is -0.621. The first-order chi connectivity index (χ1) is 9.65. The van der Waals surface area contributed by atoms with Crippen molar-refractivity contribution in [3.63, 3.8) is 0 Å². The van der Waals surface area contributed by atoms with Gasteiger partial charge in [-0.1, -0.05) is 36.4 Å². The molecule has 2 bridgehead atoms. The highest BCUT2D eigenvalue weighted by Gasteiger charge is 2.67. The van der Waals surface area contributed by atoms with Gasteiger partial charge in [-0.25, -0.2) is 0 Å². The molecule has 0 saturated carbocycles. The molecule has 1 aliphatic carbocycles. The Hall–Kier alpha value is -2.26. The van der Waals surface area contributed by atoms with E-state index in [4.69, 9.17) is 0 Å². The van der Waals surface area contributed by atoms with Gasteiger partial charge in [-0.15, -0.1) is 0 Å². The van der Waals surface area contributed by atoms with E-state index >= 15 is 0 Å². The monoisotopic (exact) mass is 264 g/mol. The van der Waals surface area contributed by atoms with Crippen LogP contribution in [-0.2, 0) is 10.5 Å². The van der Waals surface area contributed by atoms with Gasteiger partial charge < -0.3 is 5.11 Å². The van der Waals surface area contributed by atoms with Crippen LogP contribution >= 0.6 is 0 Å². The summed E-state index contributed by atoms with van der Waals surface area (Å²) in [5, 5.41) is 10.9. The van der Waals surface area contributed by atoms with E-state index in [0.717, 1.165) is 22.4 Å². The van der Waals surface area contributed by atoms with E-state index in [1.807, 2.05) is 54.6 Å². The van der Waals surface area contributed by atoms with E-state index in [0.29, 0.717) is 0 Å². The van der Waals surface area contributed by atoms with Gasteiger partial charge in [0.05, 0.1) is 5.56 Å². The van der Waals surface area contributed by atoms with Crippen LogP contribution in [0.2, 0.25) is 0 Å². The Morgan fingerprint density at radius 1 is 1.05 bits per heavy atom. The highest BCUT2D eigenvalue weighted by molar-refractivity contribution is 6.22. The van der Waals surface area contributed by atoms with Gasteiger partial charge in [0, 0.05) is 5.56 Å². The van der Waals surface area contributed by atoms with Crippen LogP contribution < -0.4 is 0 Å². The molecule has 0 amide bonds. The molecule has 0 spiro atoms. The summed E-state index contributed by atoms with van der Waals surface area (Å²) in [5.74, 6) is -0.497. The third kappa shape index (κ3) is 1.14. The van der Waals surface area contributed by atoms with Crippen molar-refractivity contribution in [2.24, 2.45) is 0 Å². The van der Waals surface area contributed by atoms with Gasteiger partial charge in [0.2, 0.25) is 5.71 Å². The first-order valence-corrected chi connectivity index (χ1v) is 6.68. The molecular formula is C17H14NO2+.